The van der Waals surface area contributed by atoms with E-state index in [9.17, 15) is 9.59 Å². The second kappa shape index (κ2) is 6.55. The minimum absolute atomic E-state index is 0.0470. The summed E-state index contributed by atoms with van der Waals surface area (Å²) in [5.41, 5.74) is 4.11. The molecule has 3 atom stereocenters. The number of methoxy groups -OCH3 is 1. The molecule has 0 saturated carbocycles. The Morgan fingerprint density at radius 1 is 1.32 bits per heavy atom. The molecule has 5 rings (SSSR count). The summed E-state index contributed by atoms with van der Waals surface area (Å²) in [5.74, 6) is -0.0867. The fourth-order valence-corrected chi connectivity index (χ4v) is 5.10. The van der Waals surface area contributed by atoms with Gasteiger partial charge in [0.2, 0.25) is 11.8 Å². The van der Waals surface area contributed by atoms with Crippen LogP contribution >= 0.6 is 0 Å². The molecular weight excluding hydrogens is 358 g/mol. The number of aromatic nitrogens is 3. The number of carbonyl (C=O) groups excluding carboxylic acids is 2. The Hall–Kier alpha value is -2.48. The van der Waals surface area contributed by atoms with Gasteiger partial charge in [0.1, 0.15) is 0 Å². The molecule has 28 heavy (non-hydrogen) atoms. The van der Waals surface area contributed by atoms with Crippen LogP contribution in [0.5, 0.6) is 0 Å². The largest absolute Gasteiger partial charge is 0.383 e. The van der Waals surface area contributed by atoms with Gasteiger partial charge >= 0.3 is 0 Å². The van der Waals surface area contributed by atoms with Gasteiger partial charge in [-0.1, -0.05) is 0 Å². The molecule has 8 heteroatoms. The lowest BCUT2D eigenvalue weighted by Gasteiger charge is -2.37. The number of amides is 2. The molecule has 0 unspecified atom stereocenters. The van der Waals surface area contributed by atoms with Gasteiger partial charge in [0, 0.05) is 56.9 Å². The summed E-state index contributed by atoms with van der Waals surface area (Å²) >= 11 is 0. The summed E-state index contributed by atoms with van der Waals surface area (Å²) in [5, 5.41) is 4.61. The van der Waals surface area contributed by atoms with Crippen LogP contribution in [0.2, 0.25) is 0 Å². The average Bonchev–Trinajstić information content (AvgIpc) is 3.33. The lowest BCUT2D eigenvalue weighted by molar-refractivity contribution is -0.139. The van der Waals surface area contributed by atoms with E-state index in [4.69, 9.17) is 4.74 Å². The first kappa shape index (κ1) is 17.6. The summed E-state index contributed by atoms with van der Waals surface area (Å²) in [4.78, 5) is 34.0. The molecule has 2 aromatic rings. The smallest absolute Gasteiger partial charge is 0.228 e. The molecule has 2 saturated heterocycles. The first-order valence-electron chi connectivity index (χ1n) is 10.00. The molecule has 3 aliphatic heterocycles. The number of aryl methyl sites for hydroxylation is 1. The molecule has 0 radical (unpaired) electrons. The summed E-state index contributed by atoms with van der Waals surface area (Å²) in [6.07, 6.45) is 4.96. The van der Waals surface area contributed by atoms with Gasteiger partial charge in [0.05, 0.1) is 30.0 Å². The second-order valence-electron chi connectivity index (χ2n) is 8.15. The van der Waals surface area contributed by atoms with E-state index in [2.05, 4.69) is 10.1 Å². The van der Waals surface area contributed by atoms with Gasteiger partial charge in [0.25, 0.3) is 0 Å². The third-order valence-corrected chi connectivity index (χ3v) is 6.41. The van der Waals surface area contributed by atoms with Crippen molar-refractivity contribution >= 4 is 17.5 Å². The number of hydrogen-bond donors (Lipinski definition) is 0. The molecular formula is C20H25N5O3. The van der Waals surface area contributed by atoms with Crippen molar-refractivity contribution in [1.82, 2.24) is 24.4 Å². The van der Waals surface area contributed by atoms with E-state index in [1.807, 2.05) is 28.6 Å². The van der Waals surface area contributed by atoms with Gasteiger partial charge in [-0.25, -0.2) is 9.50 Å². The highest BCUT2D eigenvalue weighted by Crippen LogP contribution is 2.44. The Morgan fingerprint density at radius 2 is 2.18 bits per heavy atom. The maximum Gasteiger partial charge on any atom is 0.228 e. The highest BCUT2D eigenvalue weighted by molar-refractivity contribution is 5.90. The highest BCUT2D eigenvalue weighted by Gasteiger charge is 2.47. The number of ether oxygens (including phenoxy) is 1. The Labute approximate surface area is 163 Å². The molecule has 2 amide bonds. The molecule has 0 spiro atoms. The molecule has 5 heterocycles. The molecule has 0 N–H and O–H groups in total. The molecule has 2 aromatic heterocycles. The van der Waals surface area contributed by atoms with Crippen LogP contribution in [-0.4, -0.2) is 69.1 Å². The molecule has 0 aromatic carbocycles. The Balaban J connectivity index is 1.41. The van der Waals surface area contributed by atoms with Crippen molar-refractivity contribution in [1.29, 1.82) is 0 Å². The van der Waals surface area contributed by atoms with E-state index in [-0.39, 0.29) is 29.8 Å². The Bertz CT molecular complexity index is 955. The molecule has 2 fully saturated rings. The average molecular weight is 383 g/mol. The number of fused-ring (bicyclic) bond motifs is 6. The second-order valence-corrected chi connectivity index (χ2v) is 8.15. The summed E-state index contributed by atoms with van der Waals surface area (Å²) in [6.45, 7) is 3.52. The fraction of sp³-hybridized carbons (Fsp3) is 0.600. The zero-order valence-corrected chi connectivity index (χ0v) is 16.3. The van der Waals surface area contributed by atoms with E-state index >= 15 is 0 Å². The topological polar surface area (TPSA) is 80.0 Å². The van der Waals surface area contributed by atoms with Crippen molar-refractivity contribution < 1.29 is 14.3 Å². The maximum absolute atomic E-state index is 13.4. The number of nitrogens with zero attached hydrogens (tertiary/aromatic N) is 5. The van der Waals surface area contributed by atoms with Crippen LogP contribution in [0.1, 0.15) is 42.3 Å². The minimum Gasteiger partial charge on any atom is -0.383 e. The van der Waals surface area contributed by atoms with E-state index in [0.29, 0.717) is 26.1 Å². The van der Waals surface area contributed by atoms with E-state index < -0.39 is 0 Å². The maximum atomic E-state index is 13.4. The SMILES string of the molecule is COCCN1C[C@H](C(=O)N2[C@H]3CC[C@@H]2c2cnc4cc(C)nn4c2C3)CC1=O. The van der Waals surface area contributed by atoms with E-state index in [0.717, 1.165) is 36.2 Å². The quantitative estimate of drug-likeness (QED) is 0.791. The monoisotopic (exact) mass is 383 g/mol. The van der Waals surface area contributed by atoms with Crippen LogP contribution in [0.25, 0.3) is 5.65 Å². The van der Waals surface area contributed by atoms with E-state index in [1.54, 1.807) is 12.0 Å². The third-order valence-electron chi connectivity index (χ3n) is 6.41. The molecule has 8 nitrogen and oxygen atoms in total. The van der Waals surface area contributed by atoms with Gasteiger partial charge in [-0.3, -0.25) is 9.59 Å². The van der Waals surface area contributed by atoms with Crippen molar-refractivity contribution in [3.05, 3.63) is 29.2 Å². The molecule has 0 aliphatic carbocycles. The van der Waals surface area contributed by atoms with Gasteiger partial charge in [-0.15, -0.1) is 0 Å². The molecule has 3 aliphatic rings. The summed E-state index contributed by atoms with van der Waals surface area (Å²) < 4.78 is 7.03. The number of rotatable bonds is 4. The standard InChI is InChI=1S/C20H25N5O3/c1-12-7-18-21-10-15-16-4-3-14(9-17(15)25(18)22-12)24(16)20(27)13-8-19(26)23(11-13)5-6-28-2/h7,10,13-14,16H,3-6,8-9,11H2,1-2H3/t13-,14+,16-/m1/s1. The number of hydrogen-bond acceptors (Lipinski definition) is 5. The third kappa shape index (κ3) is 2.62. The number of likely N-dealkylation sites (tertiary alicyclic amines) is 1. The van der Waals surface area contributed by atoms with Crippen LogP contribution < -0.4 is 0 Å². The van der Waals surface area contributed by atoms with Crippen LogP contribution in [-0.2, 0) is 20.7 Å². The fourth-order valence-electron chi connectivity index (χ4n) is 5.10. The predicted octanol–water partition coefficient (Wildman–Crippen LogP) is 1.12. The zero-order chi connectivity index (χ0) is 19.4. The summed E-state index contributed by atoms with van der Waals surface area (Å²) in [7, 11) is 1.62. The first-order chi connectivity index (χ1) is 13.6. The van der Waals surface area contributed by atoms with Gasteiger partial charge in [0.15, 0.2) is 5.65 Å². The van der Waals surface area contributed by atoms with Gasteiger partial charge in [-0.05, 0) is 19.8 Å². The first-order valence-corrected chi connectivity index (χ1v) is 10.00. The predicted molar refractivity (Wildman–Crippen MR) is 101 cm³/mol. The van der Waals surface area contributed by atoms with Crippen LogP contribution in [0.15, 0.2) is 12.3 Å². The van der Waals surface area contributed by atoms with E-state index in [1.165, 1.54) is 5.69 Å². The minimum atomic E-state index is -0.252. The molecule has 2 bridgehead atoms. The lowest BCUT2D eigenvalue weighted by atomic mass is 9.96. The summed E-state index contributed by atoms with van der Waals surface area (Å²) in [6, 6.07) is 2.22. The lowest BCUT2D eigenvalue weighted by Crippen LogP contribution is -2.46. The van der Waals surface area contributed by atoms with Gasteiger partial charge < -0.3 is 14.5 Å². The number of carbonyl (C=O) groups is 2. The van der Waals surface area contributed by atoms with Gasteiger partial charge in [-0.2, -0.15) is 5.10 Å². The zero-order valence-electron chi connectivity index (χ0n) is 16.3. The van der Waals surface area contributed by atoms with Crippen LogP contribution in [0.3, 0.4) is 0 Å². The van der Waals surface area contributed by atoms with Crippen molar-refractivity contribution in [2.45, 2.75) is 44.7 Å². The van der Waals surface area contributed by atoms with Crippen LogP contribution in [0.4, 0.5) is 0 Å². The van der Waals surface area contributed by atoms with Crippen molar-refractivity contribution in [2.75, 3.05) is 26.8 Å². The molecule has 148 valence electrons. The van der Waals surface area contributed by atoms with Crippen LogP contribution in [0, 0.1) is 12.8 Å². The van der Waals surface area contributed by atoms with Crippen molar-refractivity contribution in [2.24, 2.45) is 5.92 Å². The van der Waals surface area contributed by atoms with Crippen molar-refractivity contribution in [3.8, 4) is 0 Å². The highest BCUT2D eigenvalue weighted by atomic mass is 16.5. The Kier molecular flexibility index (Phi) is 4.12. The van der Waals surface area contributed by atoms with Crippen molar-refractivity contribution in [3.63, 3.8) is 0 Å². The Morgan fingerprint density at radius 3 is 3.00 bits per heavy atom. The normalized spacial score (nSPS) is 26.4.